The Balaban J connectivity index is 0.00000210. The fourth-order valence-corrected chi connectivity index (χ4v) is 4.62. The van der Waals surface area contributed by atoms with Crippen LogP contribution in [-0.4, -0.2) is 49.9 Å². The summed E-state index contributed by atoms with van der Waals surface area (Å²) in [4.78, 5) is 33.0. The molecule has 0 aromatic carbocycles. The van der Waals surface area contributed by atoms with Crippen LogP contribution in [0.3, 0.4) is 0 Å². The van der Waals surface area contributed by atoms with Gasteiger partial charge in [0.2, 0.25) is 0 Å². The largest absolute Gasteiger partial charge is 1.00 e. The number of thioether (sulfide) groups is 1. The molecule has 0 bridgehead atoms. The summed E-state index contributed by atoms with van der Waals surface area (Å²) in [5.74, 6) is -1.34. The first-order valence-corrected chi connectivity index (χ1v) is 9.95. The van der Waals surface area contributed by atoms with Crippen LogP contribution in [0.1, 0.15) is 18.5 Å². The predicted molar refractivity (Wildman–Crippen MR) is 97.3 cm³/mol. The van der Waals surface area contributed by atoms with Gasteiger partial charge >= 0.3 is 35.5 Å². The fourth-order valence-electron chi connectivity index (χ4n) is 2.88. The van der Waals surface area contributed by atoms with Crippen LogP contribution in [0.2, 0.25) is 0 Å². The molecule has 2 aliphatic heterocycles. The number of nitrogen functional groups attached to an aromatic ring is 1. The van der Waals surface area contributed by atoms with E-state index in [9.17, 15) is 19.8 Å². The summed E-state index contributed by atoms with van der Waals surface area (Å²) in [6, 6.07) is -0.867. The number of carboxylic acid groups (broad SMARTS) is 1. The van der Waals surface area contributed by atoms with Crippen LogP contribution < -0.4 is 40.4 Å². The Hall–Kier alpha value is -1.33. The number of aliphatic imine (C=N–C) groups is 1. The molecule has 1 amide bonds. The van der Waals surface area contributed by atoms with Gasteiger partial charge in [0.1, 0.15) is 11.1 Å². The van der Waals surface area contributed by atoms with Crippen LogP contribution in [0.5, 0.6) is 0 Å². The molecule has 136 valence electrons. The van der Waals surface area contributed by atoms with Gasteiger partial charge in [0.05, 0.1) is 5.69 Å². The number of nitrogens with two attached hydrogens (primary N) is 1. The van der Waals surface area contributed by atoms with Crippen molar-refractivity contribution in [1.82, 2.24) is 9.88 Å². The fraction of sp³-hybridized carbons (Fsp3) is 0.375. The second kappa shape index (κ2) is 7.96. The number of aliphatic carboxylic acids is 1. The van der Waals surface area contributed by atoms with Crippen LogP contribution >= 0.6 is 23.1 Å². The summed E-state index contributed by atoms with van der Waals surface area (Å²) >= 11 is 2.63. The van der Waals surface area contributed by atoms with E-state index < -0.39 is 29.2 Å². The summed E-state index contributed by atoms with van der Waals surface area (Å²) in [5, 5.41) is 23.5. The molecule has 4 rings (SSSR count). The molecule has 0 radical (unpaired) electrons. The first-order valence-electron chi connectivity index (χ1n) is 8.02. The molecule has 8 nitrogen and oxygen atoms in total. The number of thiazole rings is 1. The number of hydrogen-bond donors (Lipinski definition) is 2. The van der Waals surface area contributed by atoms with Gasteiger partial charge in [-0.1, -0.05) is 6.08 Å². The molecule has 1 aliphatic carbocycles. The van der Waals surface area contributed by atoms with Gasteiger partial charge in [0, 0.05) is 16.7 Å². The van der Waals surface area contributed by atoms with Crippen molar-refractivity contribution in [3.63, 3.8) is 0 Å². The minimum Gasteiger partial charge on any atom is -0.858 e. The van der Waals surface area contributed by atoms with E-state index in [0.717, 1.165) is 12.8 Å². The number of anilines is 1. The van der Waals surface area contributed by atoms with Crippen LogP contribution in [-0.2, 0) is 9.59 Å². The van der Waals surface area contributed by atoms with Gasteiger partial charge in [-0.2, -0.15) is 0 Å². The maximum atomic E-state index is 12.7. The van der Waals surface area contributed by atoms with E-state index in [4.69, 9.17) is 5.73 Å². The molecule has 1 saturated heterocycles. The monoisotopic (exact) mass is 414 g/mol. The third-order valence-electron chi connectivity index (χ3n) is 4.35. The topological polar surface area (TPSA) is 132 Å². The zero-order valence-electron chi connectivity index (χ0n) is 14.5. The maximum absolute atomic E-state index is 12.7. The Morgan fingerprint density at radius 1 is 1.48 bits per heavy atom. The Morgan fingerprint density at radius 2 is 2.22 bits per heavy atom. The van der Waals surface area contributed by atoms with Gasteiger partial charge < -0.3 is 15.9 Å². The van der Waals surface area contributed by atoms with Crippen molar-refractivity contribution in [1.29, 1.82) is 0 Å². The summed E-state index contributed by atoms with van der Waals surface area (Å²) in [7, 11) is 0. The van der Waals surface area contributed by atoms with E-state index in [1.807, 2.05) is 6.08 Å². The molecule has 3 aliphatic rings. The zero-order valence-corrected chi connectivity index (χ0v) is 18.1. The first kappa shape index (κ1) is 20.4. The van der Waals surface area contributed by atoms with Gasteiger partial charge in [-0.15, -0.1) is 23.1 Å². The quantitative estimate of drug-likeness (QED) is 0.236. The Kier molecular flexibility index (Phi) is 6.02. The third-order valence-corrected chi connectivity index (χ3v) is 6.19. The van der Waals surface area contributed by atoms with Crippen molar-refractivity contribution in [3.8, 4) is 0 Å². The Morgan fingerprint density at radius 3 is 2.81 bits per heavy atom. The van der Waals surface area contributed by atoms with Crippen LogP contribution in [0, 0.1) is 5.92 Å². The Labute approximate surface area is 185 Å². The number of β-lactam (4-membered cyclic amide) rings is 1. The second-order valence-corrected chi connectivity index (χ2v) is 8.23. The van der Waals surface area contributed by atoms with E-state index in [1.54, 1.807) is 5.38 Å². The molecule has 27 heavy (non-hydrogen) atoms. The molecule has 0 spiro atoms. The molecule has 2 atom stereocenters. The van der Waals surface area contributed by atoms with Crippen LogP contribution in [0.15, 0.2) is 28.2 Å². The molecule has 11 heteroatoms. The average Bonchev–Trinajstić information content (AvgIpc) is 3.35. The van der Waals surface area contributed by atoms with Crippen molar-refractivity contribution < 1.29 is 49.4 Å². The van der Waals surface area contributed by atoms with Gasteiger partial charge in [0.15, 0.2) is 11.2 Å². The van der Waals surface area contributed by atoms with Crippen molar-refractivity contribution in [2.24, 2.45) is 10.9 Å². The number of carboxylic acids is 1. The van der Waals surface area contributed by atoms with E-state index in [-0.39, 0.29) is 35.3 Å². The standard InChI is InChI=1S/C16H16N4O4S2.Na/c17-16-18-9(6-26-16)8(5-7-1-2-7)12(21)19-11-13(22)20-10(15(23)24)3-4-25-14(11)20;/h3,5-7,11,14H,1-2,4H2,(H2,17,18)(H,19,21)(H,23,24);/q;+1/p-1/b8-5-;/t11-,14-;/m1./s1. The van der Waals surface area contributed by atoms with Crippen molar-refractivity contribution in [2.75, 3.05) is 11.5 Å². The van der Waals surface area contributed by atoms with E-state index in [1.165, 1.54) is 34.1 Å². The summed E-state index contributed by atoms with van der Waals surface area (Å²) in [6.07, 6.45) is 5.36. The summed E-state index contributed by atoms with van der Waals surface area (Å²) < 4.78 is 0. The number of allylic oxidation sites excluding steroid dienone is 1. The molecule has 3 heterocycles. The molecule has 1 aromatic heterocycles. The molecule has 0 unspecified atom stereocenters. The van der Waals surface area contributed by atoms with Crippen LogP contribution in [0.4, 0.5) is 5.13 Å². The second-order valence-electron chi connectivity index (χ2n) is 6.19. The first-order chi connectivity index (χ1) is 12.5. The van der Waals surface area contributed by atoms with E-state index in [2.05, 4.69) is 9.98 Å². The predicted octanol–water partition coefficient (Wildman–Crippen LogP) is -2.47. The van der Waals surface area contributed by atoms with E-state index in [0.29, 0.717) is 28.1 Å². The average molecular weight is 414 g/mol. The maximum Gasteiger partial charge on any atom is 1.00 e. The van der Waals surface area contributed by atoms with Crippen molar-refractivity contribution in [2.45, 2.75) is 24.3 Å². The number of aromatic nitrogens is 1. The third kappa shape index (κ3) is 3.95. The van der Waals surface area contributed by atoms with E-state index >= 15 is 0 Å². The van der Waals surface area contributed by atoms with Crippen LogP contribution in [0.25, 0.3) is 5.57 Å². The molecule has 1 saturated carbocycles. The number of nitrogens with zero attached hydrogens (tertiary/aromatic N) is 3. The van der Waals surface area contributed by atoms with Gasteiger partial charge in [-0.05, 0) is 30.7 Å². The van der Waals surface area contributed by atoms with Gasteiger partial charge in [-0.3, -0.25) is 14.7 Å². The number of carbonyl (C=O) groups excluding carboxylic acids is 1. The zero-order chi connectivity index (χ0) is 18.4. The van der Waals surface area contributed by atoms with Gasteiger partial charge in [-0.25, -0.2) is 9.78 Å². The molecule has 2 fully saturated rings. The molecule has 3 N–H and O–H groups in total. The SMILES string of the molecule is Nc1nc(/C(=C/C2CC2)C([O-])=N[C@@H]2C(=O)N3C(C(=O)O)=CCS[C@H]23)cs1.[Na+]. The molecule has 1 aromatic rings. The number of fused-ring (bicyclic) bond motifs is 1. The number of carbonyl (C=O) groups is 2. The number of amides is 1. The molecular weight excluding hydrogens is 399 g/mol. The van der Waals surface area contributed by atoms with Gasteiger partial charge in [0.25, 0.3) is 5.91 Å². The normalized spacial score (nSPS) is 25.3. The smallest absolute Gasteiger partial charge is 0.858 e. The number of hydrogen-bond acceptors (Lipinski definition) is 8. The van der Waals surface area contributed by atoms with Crippen molar-refractivity contribution >= 4 is 51.6 Å². The Bertz CT molecular complexity index is 878. The minimum absolute atomic E-state index is 0. The summed E-state index contributed by atoms with van der Waals surface area (Å²) in [5.41, 5.74) is 6.46. The number of rotatable bonds is 5. The van der Waals surface area contributed by atoms with Crippen molar-refractivity contribution in [3.05, 3.63) is 28.9 Å². The molecular formula is C16H15N4NaO4S2. The summed E-state index contributed by atoms with van der Waals surface area (Å²) in [6.45, 7) is 0. The minimum atomic E-state index is -1.15.